The van der Waals surface area contributed by atoms with Crippen molar-refractivity contribution in [2.45, 2.75) is 0 Å². The number of hydrogen-bond acceptors (Lipinski definition) is 9. The lowest BCUT2D eigenvalue weighted by molar-refractivity contribution is 0.669. The van der Waals surface area contributed by atoms with E-state index in [4.69, 9.17) is 34.3 Å². The molecule has 0 aliphatic heterocycles. The third kappa shape index (κ3) is 14.3. The van der Waals surface area contributed by atoms with Crippen LogP contribution in [0.4, 0.5) is 0 Å². The molecular weight excluding hydrogens is 1530 g/mol. The van der Waals surface area contributed by atoms with Crippen molar-refractivity contribution < 1.29 is 4.42 Å². The van der Waals surface area contributed by atoms with Gasteiger partial charge in [0.2, 0.25) is 0 Å². The molecule has 24 aromatic rings. The van der Waals surface area contributed by atoms with E-state index in [1.165, 1.54) is 84.9 Å². The van der Waals surface area contributed by atoms with Gasteiger partial charge in [-0.3, -0.25) is 0 Å². The lowest BCUT2D eigenvalue weighted by atomic mass is 9.95. The van der Waals surface area contributed by atoms with Crippen molar-refractivity contribution >= 4 is 118 Å². The second kappa shape index (κ2) is 32.2. The third-order valence-electron chi connectivity index (χ3n) is 23.1. The maximum absolute atomic E-state index is 6.17. The minimum Gasteiger partial charge on any atom is -0.456 e. The van der Waals surface area contributed by atoms with E-state index in [1.54, 1.807) is 0 Å². The first-order valence-corrected chi connectivity index (χ1v) is 42.9. The molecule has 0 fully saturated rings. The number of fused-ring (bicyclic) bond motifs is 12. The lowest BCUT2D eigenvalue weighted by Crippen LogP contribution is -1.96. The molecule has 9 heteroatoms. The molecule has 24 rings (SSSR count). The summed E-state index contributed by atoms with van der Waals surface area (Å²) in [7, 11) is 0. The molecule has 0 atom stereocenters. The zero-order chi connectivity index (χ0) is 81.5. The van der Waals surface area contributed by atoms with Crippen molar-refractivity contribution in [3.05, 3.63) is 437 Å². The number of aromatic nitrogens is 6. The molecule has 18 aromatic carbocycles. The van der Waals surface area contributed by atoms with Gasteiger partial charge in [0.25, 0.3) is 0 Å². The Morgan fingerprint density at radius 3 is 0.951 bits per heavy atom. The minimum atomic E-state index is 0.859. The Hall–Kier alpha value is -15.8. The maximum Gasteiger partial charge on any atom is 0.136 e. The summed E-state index contributed by atoms with van der Waals surface area (Å²) in [4.78, 5) is 30.7. The van der Waals surface area contributed by atoms with E-state index in [0.29, 0.717) is 0 Å². The normalized spacial score (nSPS) is 11.4. The van der Waals surface area contributed by atoms with E-state index in [2.05, 4.69) is 315 Å². The van der Waals surface area contributed by atoms with Crippen LogP contribution in [0, 0.1) is 0 Å². The molecule has 0 saturated carbocycles. The number of para-hydroxylation sites is 7. The summed E-state index contributed by atoms with van der Waals surface area (Å²) in [6.07, 6.45) is 0. The zero-order valence-electron chi connectivity index (χ0n) is 66.5. The smallest absolute Gasteiger partial charge is 0.136 e. The summed E-state index contributed by atoms with van der Waals surface area (Å²) >= 11 is 3.71. The van der Waals surface area contributed by atoms with Gasteiger partial charge >= 0.3 is 0 Å². The van der Waals surface area contributed by atoms with Gasteiger partial charge in [-0.15, -0.1) is 22.7 Å². The Bertz CT molecular complexity index is 8090. The predicted molar refractivity (Wildman–Crippen MR) is 517 cm³/mol. The highest BCUT2D eigenvalue weighted by molar-refractivity contribution is 7.26. The summed E-state index contributed by atoms with van der Waals surface area (Å²) in [5, 5.41) is 7.54. The first kappa shape index (κ1) is 73.6. The summed E-state index contributed by atoms with van der Waals surface area (Å²) < 4.78 is 11.5. The van der Waals surface area contributed by atoms with Gasteiger partial charge in [0.15, 0.2) is 0 Å². The van der Waals surface area contributed by atoms with Crippen molar-refractivity contribution in [3.63, 3.8) is 0 Å². The average Bonchev–Trinajstić information content (AvgIpc) is 1.61. The topological polar surface area (TPSA) is 90.5 Å². The highest BCUT2D eigenvalue weighted by Gasteiger charge is 2.22. The van der Waals surface area contributed by atoms with Crippen molar-refractivity contribution in [3.8, 4) is 134 Å². The fourth-order valence-electron chi connectivity index (χ4n) is 17.0. The number of nitrogens with zero attached hydrogens (tertiary/aromatic N) is 6. The standard InChI is InChI=1S/C44H28N2O.C38H24N2S.C32H20N2S/c1-2-11-29(12-3-1)32-13-8-14-33(27-32)34-15-9-16-35(28-34)44-43(45-38-19-5-6-20-39(38)46-44)31-25-23-30(24-26-31)36-18-10-22-41-42(36)37-17-4-7-21-40(37)47-41;1-2-9-25(10-3-1)26-17-21-28(22-18-26)37-38(40-33-14-6-5-13-32(33)39-37)29-23-19-27(20-24-29)30-12-8-16-35-36(30)31-11-4-7-15-34(31)41-35;1-2-9-22(10-3-1)30-31(34-28-15-6-5-14-27(28)33-30)23-19-17-21(18-20-23)24-12-8-13-26-25-11-4-7-16-29(25)35-32(24)26/h1-28H;1-24H;1-20H. The van der Waals surface area contributed by atoms with Crippen LogP contribution in [0.3, 0.4) is 0 Å². The number of rotatable bonds is 12. The summed E-state index contributed by atoms with van der Waals surface area (Å²) in [6, 6.07) is 153. The van der Waals surface area contributed by atoms with E-state index in [-0.39, 0.29) is 0 Å². The van der Waals surface area contributed by atoms with E-state index < -0.39 is 0 Å². The third-order valence-corrected chi connectivity index (χ3v) is 25.4. The molecule has 0 saturated heterocycles. The molecule has 0 radical (unpaired) electrons. The summed E-state index contributed by atoms with van der Waals surface area (Å²) in [6.45, 7) is 0. The molecule has 6 aromatic heterocycles. The lowest BCUT2D eigenvalue weighted by Gasteiger charge is -2.13. The summed E-state index contributed by atoms with van der Waals surface area (Å²) in [5.74, 6) is 0. The number of furan rings is 1. The number of benzene rings is 18. The van der Waals surface area contributed by atoms with Gasteiger partial charge in [-0.1, -0.05) is 358 Å². The first-order chi connectivity index (χ1) is 60.9. The molecule has 7 nitrogen and oxygen atoms in total. The molecule has 0 bridgehead atoms. The Morgan fingerprint density at radius 2 is 0.447 bits per heavy atom. The molecule has 0 amide bonds. The van der Waals surface area contributed by atoms with Crippen molar-refractivity contribution in [1.29, 1.82) is 0 Å². The van der Waals surface area contributed by atoms with Gasteiger partial charge in [-0.2, -0.15) is 0 Å². The monoisotopic (exact) mass is 1600 g/mol. The van der Waals surface area contributed by atoms with E-state index in [9.17, 15) is 0 Å². The number of thiophene rings is 2. The predicted octanol–water partition coefficient (Wildman–Crippen LogP) is 31.5. The quantitative estimate of drug-likeness (QED) is 0.120. The van der Waals surface area contributed by atoms with Crippen LogP contribution in [0.2, 0.25) is 0 Å². The van der Waals surface area contributed by atoms with Crippen LogP contribution in [0.1, 0.15) is 0 Å². The van der Waals surface area contributed by atoms with Crippen molar-refractivity contribution in [1.82, 2.24) is 29.9 Å². The van der Waals surface area contributed by atoms with E-state index in [0.717, 1.165) is 145 Å². The van der Waals surface area contributed by atoms with Crippen LogP contribution in [0.15, 0.2) is 441 Å². The van der Waals surface area contributed by atoms with Gasteiger partial charge < -0.3 is 4.42 Å². The van der Waals surface area contributed by atoms with Gasteiger partial charge in [0.05, 0.1) is 67.3 Å². The molecule has 123 heavy (non-hydrogen) atoms. The molecule has 0 aliphatic carbocycles. The molecule has 0 aliphatic rings. The van der Waals surface area contributed by atoms with Crippen molar-refractivity contribution in [2.24, 2.45) is 0 Å². The summed E-state index contributed by atoms with van der Waals surface area (Å²) in [5.41, 5.74) is 33.0. The Labute approximate surface area is 718 Å². The van der Waals surface area contributed by atoms with Crippen LogP contribution >= 0.6 is 22.7 Å². The molecular formula is C114H72N6OS2. The van der Waals surface area contributed by atoms with E-state index in [1.807, 2.05) is 144 Å². The minimum absolute atomic E-state index is 0.859. The first-order valence-electron chi connectivity index (χ1n) is 41.3. The second-order valence-corrected chi connectivity index (χ2v) is 32.8. The Morgan fingerprint density at radius 1 is 0.163 bits per heavy atom. The maximum atomic E-state index is 6.17. The van der Waals surface area contributed by atoms with Gasteiger partial charge in [-0.25, -0.2) is 29.9 Å². The van der Waals surface area contributed by atoms with Gasteiger partial charge in [-0.05, 0) is 146 Å². The SMILES string of the molecule is c1ccc(-c2ccc(-c3nc4ccccc4nc3-c3ccc(-c4cccc5sc6ccccc6c45)cc3)cc2)cc1.c1ccc(-c2cccc(-c3cccc(-c4nc5ccccc5nc4-c4ccc(-c5cccc6oc7ccccc7c56)cc4)c3)c2)cc1.c1ccc(-c2nc3ccccc3nc2-c2ccc(-c3cccc4c3sc3ccccc34)cc2)cc1. The molecule has 6 heterocycles. The van der Waals surface area contributed by atoms with Crippen LogP contribution < -0.4 is 0 Å². The average molecular weight is 1610 g/mol. The van der Waals surface area contributed by atoms with Crippen LogP contribution in [0.5, 0.6) is 0 Å². The van der Waals surface area contributed by atoms with Crippen molar-refractivity contribution in [2.75, 3.05) is 0 Å². The van der Waals surface area contributed by atoms with E-state index >= 15 is 0 Å². The fourth-order valence-corrected chi connectivity index (χ4v) is 19.4. The molecule has 0 N–H and O–H groups in total. The largest absolute Gasteiger partial charge is 0.456 e. The second-order valence-electron chi connectivity index (χ2n) is 30.6. The van der Waals surface area contributed by atoms with Gasteiger partial charge in [0, 0.05) is 84.5 Å². The molecule has 0 spiro atoms. The number of hydrogen-bond donors (Lipinski definition) is 0. The Balaban J connectivity index is 0.000000111. The van der Waals surface area contributed by atoms with Gasteiger partial charge in [0.1, 0.15) is 11.2 Å². The highest BCUT2D eigenvalue weighted by Crippen LogP contribution is 2.46. The highest BCUT2D eigenvalue weighted by atomic mass is 32.1. The van der Waals surface area contributed by atoms with Crippen LogP contribution in [0.25, 0.3) is 230 Å². The fraction of sp³-hybridized carbons (Fsp3) is 0. The molecule has 576 valence electrons. The Kier molecular flexibility index (Phi) is 19.2. The zero-order valence-corrected chi connectivity index (χ0v) is 68.1. The van der Waals surface area contributed by atoms with Crippen LogP contribution in [-0.2, 0) is 0 Å². The molecule has 0 unspecified atom stereocenters. The van der Waals surface area contributed by atoms with Crippen LogP contribution in [-0.4, -0.2) is 29.9 Å².